The van der Waals surface area contributed by atoms with Crippen molar-refractivity contribution in [3.63, 3.8) is 0 Å². The Hall–Kier alpha value is -0.290. The lowest BCUT2D eigenvalue weighted by molar-refractivity contribution is 0.117. The van der Waals surface area contributed by atoms with Crippen molar-refractivity contribution in [1.29, 1.82) is 0 Å². The third-order valence-corrected chi connectivity index (χ3v) is 5.00. The minimum Gasteiger partial charge on any atom is -0.489 e. The highest BCUT2D eigenvalue weighted by atomic mass is 79.9. The van der Waals surface area contributed by atoms with E-state index in [2.05, 4.69) is 28.6 Å². The molecule has 0 atom stereocenters. The minimum atomic E-state index is -0.669. The van der Waals surface area contributed by atoms with E-state index in [9.17, 15) is 8.78 Å². The summed E-state index contributed by atoms with van der Waals surface area (Å²) in [4.78, 5) is 0. The van der Waals surface area contributed by atoms with Crippen LogP contribution in [0.15, 0.2) is 16.6 Å². The molecule has 1 aliphatic rings. The maximum Gasteiger partial charge on any atom is 0.169 e. The van der Waals surface area contributed by atoms with Crippen molar-refractivity contribution in [2.24, 2.45) is 5.41 Å². The van der Waals surface area contributed by atoms with Gasteiger partial charge in [0.1, 0.15) is 5.82 Å². The van der Waals surface area contributed by atoms with Crippen molar-refractivity contribution in [3.8, 4) is 5.75 Å². The number of hydrogen-bond acceptors (Lipinski definition) is 2. The Kier molecular flexibility index (Phi) is 5.12. The molecule has 1 saturated carbocycles. The molecule has 0 N–H and O–H groups in total. The van der Waals surface area contributed by atoms with Crippen molar-refractivity contribution in [2.75, 3.05) is 12.4 Å². The van der Waals surface area contributed by atoms with Crippen molar-refractivity contribution >= 4 is 28.6 Å². The molecule has 0 radical (unpaired) electrons. The molecule has 1 fully saturated rings. The van der Waals surface area contributed by atoms with Crippen LogP contribution in [0.5, 0.6) is 5.75 Å². The average molecular weight is 351 g/mol. The lowest BCUT2D eigenvalue weighted by Crippen LogP contribution is -2.33. The molecule has 0 aromatic heterocycles. The van der Waals surface area contributed by atoms with Gasteiger partial charge in [-0.1, -0.05) is 19.3 Å². The van der Waals surface area contributed by atoms with Crippen LogP contribution in [0, 0.1) is 17.0 Å². The lowest BCUT2D eigenvalue weighted by atomic mass is 9.76. The monoisotopic (exact) mass is 350 g/mol. The predicted molar refractivity (Wildman–Crippen MR) is 78.9 cm³/mol. The van der Waals surface area contributed by atoms with E-state index in [1.807, 2.05) is 0 Å². The topological polar surface area (TPSA) is 9.23 Å². The molecule has 1 aromatic rings. The summed E-state index contributed by atoms with van der Waals surface area (Å²) in [5.74, 6) is -0.462. The minimum absolute atomic E-state index is 0.0155. The molecule has 0 saturated heterocycles. The zero-order chi connectivity index (χ0) is 13.9. The van der Waals surface area contributed by atoms with Gasteiger partial charge in [0.15, 0.2) is 11.6 Å². The molecule has 0 aliphatic heterocycles. The molecule has 106 valence electrons. The van der Waals surface area contributed by atoms with Crippen LogP contribution in [0.3, 0.4) is 0 Å². The van der Waals surface area contributed by atoms with Gasteiger partial charge in [-0.2, -0.15) is 12.6 Å². The molecule has 5 heteroatoms. The fourth-order valence-corrected chi connectivity index (χ4v) is 3.47. The number of thiol groups is 1. The van der Waals surface area contributed by atoms with Crippen LogP contribution in [-0.2, 0) is 0 Å². The molecule has 1 aliphatic carbocycles. The predicted octanol–water partition coefficient (Wildman–Crippen LogP) is 4.99. The van der Waals surface area contributed by atoms with Gasteiger partial charge < -0.3 is 4.74 Å². The quantitative estimate of drug-likeness (QED) is 0.753. The van der Waals surface area contributed by atoms with Crippen LogP contribution in [0.2, 0.25) is 0 Å². The first-order valence-electron chi connectivity index (χ1n) is 6.44. The van der Waals surface area contributed by atoms with Crippen molar-refractivity contribution in [3.05, 3.63) is 28.2 Å². The van der Waals surface area contributed by atoms with E-state index in [0.29, 0.717) is 11.1 Å². The number of hydrogen-bond donors (Lipinski definition) is 1. The van der Waals surface area contributed by atoms with Gasteiger partial charge in [0.2, 0.25) is 0 Å². The molecule has 2 rings (SSSR count). The summed E-state index contributed by atoms with van der Waals surface area (Å²) in [6, 6.07) is 2.06. The highest BCUT2D eigenvalue weighted by Crippen LogP contribution is 2.39. The second-order valence-electron chi connectivity index (χ2n) is 5.21. The van der Waals surface area contributed by atoms with E-state index in [1.165, 1.54) is 12.5 Å². The van der Waals surface area contributed by atoms with E-state index in [1.54, 1.807) is 0 Å². The first kappa shape index (κ1) is 15.1. The van der Waals surface area contributed by atoms with Gasteiger partial charge >= 0.3 is 0 Å². The first-order valence-corrected chi connectivity index (χ1v) is 7.87. The fraction of sp³-hybridized carbons (Fsp3) is 0.571. The summed E-state index contributed by atoms with van der Waals surface area (Å²) in [5.41, 5.74) is 0.0155. The first-order chi connectivity index (χ1) is 9.06. The van der Waals surface area contributed by atoms with Crippen LogP contribution >= 0.6 is 28.6 Å². The van der Waals surface area contributed by atoms with Crippen molar-refractivity contribution < 1.29 is 13.5 Å². The highest BCUT2D eigenvalue weighted by molar-refractivity contribution is 9.10. The van der Waals surface area contributed by atoms with E-state index < -0.39 is 11.6 Å². The van der Waals surface area contributed by atoms with Crippen LogP contribution in [-0.4, -0.2) is 12.4 Å². The number of ether oxygens (including phenoxy) is 1. The van der Waals surface area contributed by atoms with Gasteiger partial charge in [-0.3, -0.25) is 0 Å². The van der Waals surface area contributed by atoms with Crippen LogP contribution in [0.25, 0.3) is 0 Å². The second kappa shape index (κ2) is 6.44. The van der Waals surface area contributed by atoms with Crippen molar-refractivity contribution in [1.82, 2.24) is 0 Å². The number of halogens is 3. The largest absolute Gasteiger partial charge is 0.489 e. The summed E-state index contributed by atoms with van der Waals surface area (Å²) < 4.78 is 32.6. The third-order valence-electron chi connectivity index (χ3n) is 3.74. The molecule has 1 nitrogen and oxygen atoms in total. The highest BCUT2D eigenvalue weighted by Gasteiger charge is 2.32. The summed E-state index contributed by atoms with van der Waals surface area (Å²) in [6.07, 6.45) is 5.67. The van der Waals surface area contributed by atoms with Crippen molar-refractivity contribution in [2.45, 2.75) is 32.1 Å². The molecular weight excluding hydrogens is 334 g/mol. The maximum atomic E-state index is 13.7. The number of rotatable bonds is 4. The zero-order valence-electron chi connectivity index (χ0n) is 10.6. The molecule has 0 bridgehead atoms. The molecule has 1 aromatic carbocycles. The van der Waals surface area contributed by atoms with E-state index >= 15 is 0 Å². The zero-order valence-corrected chi connectivity index (χ0v) is 13.1. The maximum absolute atomic E-state index is 13.7. The van der Waals surface area contributed by atoms with Gasteiger partial charge in [-0.25, -0.2) is 8.78 Å². The van der Waals surface area contributed by atoms with E-state index in [0.717, 1.165) is 37.5 Å². The molecule has 0 amide bonds. The third kappa shape index (κ3) is 3.63. The smallest absolute Gasteiger partial charge is 0.169 e. The van der Waals surface area contributed by atoms with Gasteiger partial charge in [0.05, 0.1) is 11.1 Å². The standard InChI is InChI=1S/C14H17BrF2OS/c15-11-6-10(16)7-12(17)13(11)18-8-14(9-19)4-2-1-3-5-14/h6-7,19H,1-5,8-9H2. The Balaban J connectivity index is 2.09. The Bertz CT molecular complexity index is 424. The van der Waals surface area contributed by atoms with E-state index in [4.69, 9.17) is 4.74 Å². The van der Waals surface area contributed by atoms with Gasteiger partial charge in [0.25, 0.3) is 0 Å². The van der Waals surface area contributed by atoms with Crippen LogP contribution in [0.1, 0.15) is 32.1 Å². The van der Waals surface area contributed by atoms with Crippen LogP contribution < -0.4 is 4.74 Å². The molecular formula is C14H17BrF2OS. The SMILES string of the molecule is Fc1cc(F)c(OCC2(CS)CCCCC2)c(Br)c1. The summed E-state index contributed by atoms with van der Waals surface area (Å²) in [5, 5.41) is 0. The van der Waals surface area contributed by atoms with E-state index in [-0.39, 0.29) is 11.2 Å². The van der Waals surface area contributed by atoms with Crippen LogP contribution in [0.4, 0.5) is 8.78 Å². The Morgan fingerprint density at radius 3 is 2.47 bits per heavy atom. The van der Waals surface area contributed by atoms with Gasteiger partial charge in [-0.05, 0) is 40.6 Å². The summed E-state index contributed by atoms with van der Waals surface area (Å²) >= 11 is 7.56. The van der Waals surface area contributed by atoms with Gasteiger partial charge in [-0.15, -0.1) is 0 Å². The normalized spacial score (nSPS) is 18.3. The average Bonchev–Trinajstić information content (AvgIpc) is 2.38. The Morgan fingerprint density at radius 1 is 1.21 bits per heavy atom. The Morgan fingerprint density at radius 2 is 1.89 bits per heavy atom. The fourth-order valence-electron chi connectivity index (χ4n) is 2.54. The number of benzene rings is 1. The molecule has 0 heterocycles. The van der Waals surface area contributed by atoms with Gasteiger partial charge in [0, 0.05) is 11.5 Å². The lowest BCUT2D eigenvalue weighted by Gasteiger charge is -2.35. The molecule has 19 heavy (non-hydrogen) atoms. The summed E-state index contributed by atoms with van der Waals surface area (Å²) in [7, 11) is 0. The molecule has 0 spiro atoms. The second-order valence-corrected chi connectivity index (χ2v) is 6.38. The Labute approximate surface area is 126 Å². The molecule has 0 unspecified atom stereocenters. The summed E-state index contributed by atoms with van der Waals surface area (Å²) in [6.45, 7) is 0.428.